The van der Waals surface area contributed by atoms with Crippen molar-refractivity contribution in [3.63, 3.8) is 0 Å². The molecule has 7 rings (SSSR count). The van der Waals surface area contributed by atoms with Crippen LogP contribution >= 0.6 is 11.6 Å². The van der Waals surface area contributed by atoms with E-state index in [2.05, 4.69) is 21.0 Å². The number of nitrogens with zero attached hydrogens (tertiary/aromatic N) is 5. The molecule has 1 unspecified atom stereocenters. The third kappa shape index (κ3) is 6.28. The van der Waals surface area contributed by atoms with Gasteiger partial charge in [-0.2, -0.15) is 5.10 Å². The van der Waals surface area contributed by atoms with Crippen LogP contribution < -0.4 is 10.6 Å². The van der Waals surface area contributed by atoms with E-state index in [1.54, 1.807) is 18.2 Å². The van der Waals surface area contributed by atoms with Gasteiger partial charge in [0.1, 0.15) is 23.1 Å². The third-order valence-corrected chi connectivity index (χ3v) is 10.5. The Labute approximate surface area is 288 Å². The van der Waals surface area contributed by atoms with E-state index in [4.69, 9.17) is 17.3 Å². The van der Waals surface area contributed by atoms with Crippen LogP contribution in [0.1, 0.15) is 69.1 Å². The van der Waals surface area contributed by atoms with Gasteiger partial charge in [-0.15, -0.1) is 0 Å². The molecule has 0 bridgehead atoms. The van der Waals surface area contributed by atoms with E-state index in [-0.39, 0.29) is 46.4 Å². The molecule has 4 heterocycles. The summed E-state index contributed by atoms with van der Waals surface area (Å²) in [6, 6.07) is 16.3. The minimum Gasteiger partial charge on any atom is -0.478 e. The smallest absolute Gasteiger partial charge is 0.335 e. The number of hydrogen-bond acceptors (Lipinski definition) is 7. The van der Waals surface area contributed by atoms with E-state index < -0.39 is 23.7 Å². The number of anilines is 2. The van der Waals surface area contributed by atoms with Crippen molar-refractivity contribution in [3.8, 4) is 5.69 Å². The predicted molar refractivity (Wildman–Crippen MR) is 185 cm³/mol. The molecule has 2 fully saturated rings. The quantitative estimate of drug-likeness (QED) is 0.247. The molecule has 3 N–H and O–H groups in total. The molecule has 2 saturated heterocycles. The highest BCUT2D eigenvalue weighted by atomic mass is 35.5. The van der Waals surface area contributed by atoms with Crippen molar-refractivity contribution in [1.82, 2.24) is 19.6 Å². The lowest BCUT2D eigenvalue weighted by Gasteiger charge is -2.41. The average Bonchev–Trinajstić information content (AvgIpc) is 3.79. The third-order valence-electron chi connectivity index (χ3n) is 10.2. The highest BCUT2D eigenvalue weighted by molar-refractivity contribution is 6.30. The number of carboxylic acid groups (broad SMARTS) is 1. The number of rotatable bonds is 8. The lowest BCUT2D eigenvalue weighted by Crippen LogP contribution is -2.46. The minimum absolute atomic E-state index is 0.00335. The molecule has 0 aliphatic carbocycles. The van der Waals surface area contributed by atoms with E-state index in [0.29, 0.717) is 18.0 Å². The van der Waals surface area contributed by atoms with Crippen LogP contribution in [-0.2, 0) is 17.6 Å². The fraction of sp³-hybridized carbons (Fsp3) is 0.351. The molecule has 254 valence electrons. The number of aromatic carboxylic acids is 1. The van der Waals surface area contributed by atoms with Gasteiger partial charge in [0.2, 0.25) is 0 Å². The molecule has 0 saturated carbocycles. The molecular weight excluding hydrogens is 647 g/mol. The van der Waals surface area contributed by atoms with Crippen LogP contribution in [0.15, 0.2) is 66.9 Å². The molecular formula is C37H38ClFN6O4. The number of piperidine rings is 1. The van der Waals surface area contributed by atoms with Gasteiger partial charge in [0.25, 0.3) is 5.91 Å². The number of amides is 1. The fourth-order valence-electron chi connectivity index (χ4n) is 7.68. The zero-order valence-electron chi connectivity index (χ0n) is 27.0. The van der Waals surface area contributed by atoms with Crippen LogP contribution in [0.5, 0.6) is 0 Å². The maximum Gasteiger partial charge on any atom is 0.335 e. The van der Waals surface area contributed by atoms with Crippen LogP contribution in [0.25, 0.3) is 5.69 Å². The lowest BCUT2D eigenvalue weighted by molar-refractivity contribution is -0.123. The molecule has 3 aliphatic rings. The molecule has 49 heavy (non-hydrogen) atoms. The number of halogens is 2. The number of hydrogen-bond donors (Lipinski definition) is 2. The fourth-order valence-corrected chi connectivity index (χ4v) is 7.85. The summed E-state index contributed by atoms with van der Waals surface area (Å²) in [6.45, 7) is 4.46. The molecule has 10 nitrogen and oxygen atoms in total. The van der Waals surface area contributed by atoms with Crippen LogP contribution in [0.3, 0.4) is 0 Å². The monoisotopic (exact) mass is 684 g/mol. The molecule has 1 amide bonds. The zero-order valence-corrected chi connectivity index (χ0v) is 27.8. The minimum atomic E-state index is -1.05. The number of aromatic nitrogens is 2. The number of fused-ring (bicyclic) bond motifs is 1. The number of carbonyl (C=O) groups excluding carboxylic acids is 2. The number of carboxylic acids is 1. The second-order valence-corrected chi connectivity index (χ2v) is 13.4. The van der Waals surface area contributed by atoms with Crippen molar-refractivity contribution in [2.75, 3.05) is 43.4 Å². The number of ketones is 1. The number of nitrogens with two attached hydrogens (primary N) is 1. The highest BCUT2D eigenvalue weighted by Crippen LogP contribution is 2.39. The summed E-state index contributed by atoms with van der Waals surface area (Å²) in [5, 5.41) is 13.5. The van der Waals surface area contributed by atoms with Crippen molar-refractivity contribution in [3.05, 3.63) is 106 Å². The van der Waals surface area contributed by atoms with Crippen molar-refractivity contribution in [2.24, 2.45) is 0 Å². The Morgan fingerprint density at radius 2 is 1.61 bits per heavy atom. The Kier molecular flexibility index (Phi) is 9.13. The first-order valence-corrected chi connectivity index (χ1v) is 17.1. The standard InChI is InChI=1S/C37H38ClFN6O4/c38-29-6-4-8-31(33(29)39)45-35(40)28(22-41-45)36(47)44-20-15-26-27(34(44)32(46)21-23-9-11-24(12-10-23)37(48)49)5-3-7-30(26)43-18-13-25(14-19-43)42-16-1-2-17-42/h3-12,22,25,34H,1-2,13-21,40H2,(H,48,49). The molecule has 3 aliphatic heterocycles. The Morgan fingerprint density at radius 1 is 0.918 bits per heavy atom. The van der Waals surface area contributed by atoms with Crippen LogP contribution in [-0.4, -0.2) is 81.1 Å². The van der Waals surface area contributed by atoms with E-state index >= 15 is 0 Å². The first-order chi connectivity index (χ1) is 23.7. The molecule has 12 heteroatoms. The molecule has 1 atom stereocenters. The van der Waals surface area contributed by atoms with E-state index in [1.807, 2.05) is 12.1 Å². The average molecular weight is 685 g/mol. The van der Waals surface area contributed by atoms with Gasteiger partial charge < -0.3 is 25.5 Å². The predicted octanol–water partition coefficient (Wildman–Crippen LogP) is 5.56. The normalized spacial score (nSPS) is 18.4. The van der Waals surface area contributed by atoms with Crippen LogP contribution in [0.2, 0.25) is 5.02 Å². The topological polar surface area (TPSA) is 125 Å². The Balaban J connectivity index is 1.21. The first-order valence-electron chi connectivity index (χ1n) is 16.8. The molecule has 4 aromatic rings. The Morgan fingerprint density at radius 3 is 2.33 bits per heavy atom. The van der Waals surface area contributed by atoms with Gasteiger partial charge in [-0.25, -0.2) is 13.9 Å². The van der Waals surface area contributed by atoms with Crippen LogP contribution in [0.4, 0.5) is 15.9 Å². The summed E-state index contributed by atoms with van der Waals surface area (Å²) in [5.74, 6) is -2.54. The molecule has 3 aromatic carbocycles. The highest BCUT2D eigenvalue weighted by Gasteiger charge is 2.39. The maximum absolute atomic E-state index is 14.9. The zero-order chi connectivity index (χ0) is 34.2. The van der Waals surface area contributed by atoms with E-state index in [0.717, 1.165) is 47.4 Å². The van der Waals surface area contributed by atoms with Gasteiger partial charge in [0.15, 0.2) is 11.6 Å². The van der Waals surface area contributed by atoms with Gasteiger partial charge >= 0.3 is 5.97 Å². The van der Waals surface area contributed by atoms with Crippen molar-refractivity contribution < 1.29 is 23.9 Å². The van der Waals surface area contributed by atoms with E-state index in [9.17, 15) is 23.9 Å². The molecule has 1 aromatic heterocycles. The maximum atomic E-state index is 14.9. The number of carbonyl (C=O) groups is 3. The van der Waals surface area contributed by atoms with Gasteiger partial charge in [-0.05, 0) is 92.2 Å². The SMILES string of the molecule is Nc1c(C(=O)N2CCc3c(cccc3N3CCC(N4CCCC4)CC3)C2C(=O)Cc2ccc(C(=O)O)cc2)cnn1-c1cccc(Cl)c1F. The number of Topliss-reactive ketones (excluding diaryl/α,β-unsaturated/α-hetero) is 1. The van der Waals surface area contributed by atoms with Gasteiger partial charge in [0, 0.05) is 37.8 Å². The van der Waals surface area contributed by atoms with Gasteiger partial charge in [0.05, 0.1) is 16.8 Å². The lowest BCUT2D eigenvalue weighted by atomic mass is 9.86. The summed E-state index contributed by atoms with van der Waals surface area (Å²) in [7, 11) is 0. The summed E-state index contributed by atoms with van der Waals surface area (Å²) < 4.78 is 16.0. The number of nitrogen functional groups attached to an aromatic ring is 1. The first kappa shape index (κ1) is 32.8. The van der Waals surface area contributed by atoms with Crippen LogP contribution in [0, 0.1) is 5.82 Å². The van der Waals surface area contributed by atoms with Gasteiger partial charge in [-0.1, -0.05) is 41.9 Å². The summed E-state index contributed by atoms with van der Waals surface area (Å²) in [4.78, 5) is 46.6. The van der Waals surface area contributed by atoms with Crippen molar-refractivity contribution >= 4 is 40.8 Å². The largest absolute Gasteiger partial charge is 0.478 e. The second kappa shape index (κ2) is 13.6. The van der Waals surface area contributed by atoms with Crippen molar-refractivity contribution in [2.45, 2.75) is 50.6 Å². The van der Waals surface area contributed by atoms with E-state index in [1.165, 1.54) is 61.3 Å². The molecule has 0 spiro atoms. The summed E-state index contributed by atoms with van der Waals surface area (Å²) in [5.41, 5.74) is 10.1. The van der Waals surface area contributed by atoms with Crippen molar-refractivity contribution in [1.29, 1.82) is 0 Å². The number of benzene rings is 3. The molecule has 0 radical (unpaired) electrons. The Hall–Kier alpha value is -4.74. The van der Waals surface area contributed by atoms with Gasteiger partial charge in [-0.3, -0.25) is 9.59 Å². The second-order valence-electron chi connectivity index (χ2n) is 13.0. The Bertz CT molecular complexity index is 1900. The summed E-state index contributed by atoms with van der Waals surface area (Å²) in [6.07, 6.45) is 6.52. The number of likely N-dealkylation sites (tertiary alicyclic amines) is 1. The summed E-state index contributed by atoms with van der Waals surface area (Å²) >= 11 is 6.00.